The van der Waals surface area contributed by atoms with Crippen LogP contribution in [0.4, 0.5) is 24.5 Å². The molecule has 0 radical (unpaired) electrons. The topological polar surface area (TPSA) is 41.3 Å². The summed E-state index contributed by atoms with van der Waals surface area (Å²) in [7, 11) is 0. The molecule has 0 aromatic heterocycles. The number of halogens is 3. The lowest BCUT2D eigenvalue weighted by molar-refractivity contribution is -0.136. The number of rotatable bonds is 6. The van der Waals surface area contributed by atoms with Gasteiger partial charge >= 0.3 is 6.18 Å². The molecule has 0 saturated carbocycles. The van der Waals surface area contributed by atoms with Crippen molar-refractivity contribution in [2.45, 2.75) is 33.0 Å². The molecule has 0 spiro atoms. The maximum Gasteiger partial charge on any atom is 0.418 e. The third-order valence-electron chi connectivity index (χ3n) is 3.20. The van der Waals surface area contributed by atoms with E-state index in [4.69, 9.17) is 5.73 Å². The number of anilines is 2. The Labute approximate surface area is 117 Å². The van der Waals surface area contributed by atoms with Crippen LogP contribution >= 0.6 is 0 Å². The number of likely N-dealkylation sites (N-methyl/N-ethyl adjacent to an activating group) is 1. The molecule has 0 amide bonds. The molecule has 0 aliphatic rings. The zero-order valence-corrected chi connectivity index (χ0v) is 12.1. The van der Waals surface area contributed by atoms with Gasteiger partial charge in [-0.05, 0) is 38.2 Å². The molecule has 114 valence electrons. The first kappa shape index (κ1) is 16.6. The average Bonchev–Trinajstić information content (AvgIpc) is 2.37. The second kappa shape index (κ2) is 6.83. The van der Waals surface area contributed by atoms with Crippen molar-refractivity contribution in [3.8, 4) is 0 Å². The largest absolute Gasteiger partial charge is 0.418 e. The summed E-state index contributed by atoms with van der Waals surface area (Å²) >= 11 is 0. The van der Waals surface area contributed by atoms with Gasteiger partial charge in [0, 0.05) is 24.0 Å². The van der Waals surface area contributed by atoms with Crippen LogP contribution in [-0.2, 0) is 6.18 Å². The summed E-state index contributed by atoms with van der Waals surface area (Å²) < 4.78 is 38.3. The second-order valence-corrected chi connectivity index (χ2v) is 4.83. The van der Waals surface area contributed by atoms with E-state index in [2.05, 4.69) is 24.1 Å². The Morgan fingerprint density at radius 3 is 2.35 bits per heavy atom. The van der Waals surface area contributed by atoms with E-state index in [-0.39, 0.29) is 11.7 Å². The first-order valence-electron chi connectivity index (χ1n) is 6.73. The van der Waals surface area contributed by atoms with E-state index < -0.39 is 11.7 Å². The van der Waals surface area contributed by atoms with Crippen LogP contribution in [0.25, 0.3) is 0 Å². The lowest BCUT2D eigenvalue weighted by Crippen LogP contribution is -2.34. The van der Waals surface area contributed by atoms with Gasteiger partial charge < -0.3 is 16.0 Å². The molecule has 1 aromatic rings. The maximum atomic E-state index is 12.8. The number of hydrogen-bond donors (Lipinski definition) is 2. The number of nitrogen functional groups attached to an aromatic ring is 1. The summed E-state index contributed by atoms with van der Waals surface area (Å²) in [5, 5.41) is 3.08. The normalized spacial score (nSPS) is 13.6. The highest BCUT2D eigenvalue weighted by Crippen LogP contribution is 2.35. The second-order valence-electron chi connectivity index (χ2n) is 4.83. The summed E-state index contributed by atoms with van der Waals surface area (Å²) in [6, 6.07) is 3.98. The molecule has 1 aromatic carbocycles. The minimum Gasteiger partial charge on any atom is -0.398 e. The van der Waals surface area contributed by atoms with Gasteiger partial charge in [-0.15, -0.1) is 0 Å². The Morgan fingerprint density at radius 2 is 1.85 bits per heavy atom. The SMILES string of the molecule is CCN(CC)CC(C)Nc1ccc(N)c(C(F)(F)F)c1. The molecule has 0 fully saturated rings. The van der Waals surface area contributed by atoms with Crippen LogP contribution in [0.2, 0.25) is 0 Å². The molecule has 0 heterocycles. The number of hydrogen-bond acceptors (Lipinski definition) is 3. The van der Waals surface area contributed by atoms with Gasteiger partial charge in [-0.1, -0.05) is 13.8 Å². The van der Waals surface area contributed by atoms with Crippen LogP contribution in [0, 0.1) is 0 Å². The summed E-state index contributed by atoms with van der Waals surface area (Å²) in [6.45, 7) is 8.67. The molecule has 3 nitrogen and oxygen atoms in total. The molecule has 1 atom stereocenters. The minimum absolute atomic E-state index is 0.0552. The zero-order valence-electron chi connectivity index (χ0n) is 12.1. The van der Waals surface area contributed by atoms with Crippen LogP contribution < -0.4 is 11.1 Å². The van der Waals surface area contributed by atoms with E-state index in [1.165, 1.54) is 6.07 Å². The van der Waals surface area contributed by atoms with Crippen LogP contribution in [0.3, 0.4) is 0 Å². The van der Waals surface area contributed by atoms with Crippen LogP contribution in [0.1, 0.15) is 26.3 Å². The molecule has 0 saturated heterocycles. The summed E-state index contributed by atoms with van der Waals surface area (Å²) in [6.07, 6.45) is -4.43. The molecular formula is C14H22F3N3. The number of nitrogens with zero attached hydrogens (tertiary/aromatic N) is 1. The van der Waals surface area contributed by atoms with Crippen molar-refractivity contribution >= 4 is 11.4 Å². The summed E-state index contributed by atoms with van der Waals surface area (Å²) in [4.78, 5) is 2.21. The van der Waals surface area contributed by atoms with E-state index in [0.29, 0.717) is 5.69 Å². The molecule has 0 aliphatic heterocycles. The highest BCUT2D eigenvalue weighted by atomic mass is 19.4. The fraction of sp³-hybridized carbons (Fsp3) is 0.571. The van der Waals surface area contributed by atoms with Gasteiger partial charge in [0.2, 0.25) is 0 Å². The molecule has 20 heavy (non-hydrogen) atoms. The third-order valence-corrected chi connectivity index (χ3v) is 3.20. The van der Waals surface area contributed by atoms with Gasteiger partial charge in [0.1, 0.15) is 0 Å². The molecule has 3 N–H and O–H groups in total. The predicted molar refractivity (Wildman–Crippen MR) is 76.7 cm³/mol. The van der Waals surface area contributed by atoms with Crippen molar-refractivity contribution in [3.63, 3.8) is 0 Å². The van der Waals surface area contributed by atoms with Gasteiger partial charge in [0.05, 0.1) is 5.56 Å². The van der Waals surface area contributed by atoms with Crippen molar-refractivity contribution in [1.29, 1.82) is 0 Å². The molecule has 1 unspecified atom stereocenters. The van der Waals surface area contributed by atoms with Crippen molar-refractivity contribution in [1.82, 2.24) is 4.90 Å². The monoisotopic (exact) mass is 289 g/mol. The fourth-order valence-electron chi connectivity index (χ4n) is 2.09. The average molecular weight is 289 g/mol. The Hall–Kier alpha value is -1.43. The Balaban J connectivity index is 2.78. The smallest absolute Gasteiger partial charge is 0.398 e. The van der Waals surface area contributed by atoms with E-state index in [1.807, 2.05) is 6.92 Å². The van der Waals surface area contributed by atoms with E-state index >= 15 is 0 Å². The first-order chi connectivity index (χ1) is 9.27. The van der Waals surface area contributed by atoms with Gasteiger partial charge in [-0.3, -0.25) is 0 Å². The van der Waals surface area contributed by atoms with Crippen molar-refractivity contribution in [2.24, 2.45) is 0 Å². The molecule has 6 heteroatoms. The molecule has 0 bridgehead atoms. The van der Waals surface area contributed by atoms with Crippen LogP contribution in [-0.4, -0.2) is 30.6 Å². The van der Waals surface area contributed by atoms with Crippen LogP contribution in [0.15, 0.2) is 18.2 Å². The number of nitrogens with two attached hydrogens (primary N) is 1. The standard InChI is InChI=1S/C14H22F3N3/c1-4-20(5-2)9-10(3)19-11-6-7-13(18)12(8-11)14(15,16)17/h6-8,10,19H,4-5,9,18H2,1-3H3. The van der Waals surface area contributed by atoms with Gasteiger partial charge in [-0.25, -0.2) is 0 Å². The quantitative estimate of drug-likeness (QED) is 0.788. The van der Waals surface area contributed by atoms with Crippen molar-refractivity contribution in [3.05, 3.63) is 23.8 Å². The molecular weight excluding hydrogens is 267 g/mol. The Kier molecular flexibility index (Phi) is 5.68. The lowest BCUT2D eigenvalue weighted by Gasteiger charge is -2.24. The van der Waals surface area contributed by atoms with Gasteiger partial charge in [0.25, 0.3) is 0 Å². The molecule has 1 rings (SSSR count). The van der Waals surface area contributed by atoms with E-state index in [0.717, 1.165) is 25.7 Å². The predicted octanol–water partition coefficient (Wildman–Crippen LogP) is 3.43. The lowest BCUT2D eigenvalue weighted by atomic mass is 10.1. The minimum atomic E-state index is -4.43. The fourth-order valence-corrected chi connectivity index (χ4v) is 2.09. The van der Waals surface area contributed by atoms with Gasteiger partial charge in [0.15, 0.2) is 0 Å². The number of benzene rings is 1. The Morgan fingerprint density at radius 1 is 1.25 bits per heavy atom. The van der Waals surface area contributed by atoms with Gasteiger partial charge in [-0.2, -0.15) is 13.2 Å². The zero-order chi connectivity index (χ0) is 15.3. The van der Waals surface area contributed by atoms with Crippen LogP contribution in [0.5, 0.6) is 0 Å². The number of alkyl halides is 3. The Bertz CT molecular complexity index is 428. The van der Waals surface area contributed by atoms with E-state index in [1.54, 1.807) is 6.07 Å². The maximum absolute atomic E-state index is 12.8. The first-order valence-corrected chi connectivity index (χ1v) is 6.73. The third kappa shape index (κ3) is 4.59. The van der Waals surface area contributed by atoms with Crippen molar-refractivity contribution in [2.75, 3.05) is 30.7 Å². The summed E-state index contributed by atoms with van der Waals surface area (Å²) in [5.74, 6) is 0. The molecule has 0 aliphatic carbocycles. The van der Waals surface area contributed by atoms with E-state index in [9.17, 15) is 13.2 Å². The van der Waals surface area contributed by atoms with Crippen molar-refractivity contribution < 1.29 is 13.2 Å². The highest BCUT2D eigenvalue weighted by Gasteiger charge is 2.33. The highest BCUT2D eigenvalue weighted by molar-refractivity contribution is 5.58. The number of nitrogens with one attached hydrogen (secondary N) is 1. The summed E-state index contributed by atoms with van der Waals surface area (Å²) in [5.41, 5.74) is 4.77.